The second kappa shape index (κ2) is 13.4. The molecule has 1 aliphatic rings. The minimum absolute atomic E-state index is 0.0249. The van der Waals surface area contributed by atoms with Gasteiger partial charge in [-0.3, -0.25) is 14.9 Å². The van der Waals surface area contributed by atoms with Gasteiger partial charge in [0.1, 0.15) is 42.8 Å². The molecule has 3 aromatic rings. The Balaban J connectivity index is 1.66. The first-order valence-corrected chi connectivity index (χ1v) is 14.2. The van der Waals surface area contributed by atoms with Gasteiger partial charge >= 0.3 is 18.0 Å². The highest BCUT2D eigenvalue weighted by Gasteiger charge is 2.60. The number of aliphatic hydroxyl groups is 1. The predicted octanol–water partition coefficient (Wildman–Crippen LogP) is 1.76. The summed E-state index contributed by atoms with van der Waals surface area (Å²) in [5, 5.41) is 29.0. The number of carbonyl (C=O) groups is 3. The summed E-state index contributed by atoms with van der Waals surface area (Å²) in [7, 11) is 1.63. The molecule has 0 bridgehead atoms. The zero-order chi connectivity index (χ0) is 32.2. The first kappa shape index (κ1) is 32.3. The van der Waals surface area contributed by atoms with Crippen molar-refractivity contribution < 1.29 is 33.7 Å². The van der Waals surface area contributed by atoms with Crippen LogP contribution in [0.3, 0.4) is 0 Å². The van der Waals surface area contributed by atoms with Crippen molar-refractivity contribution in [3.8, 4) is 6.07 Å². The molecular weight excluding hydrogens is 570 g/mol. The Labute approximate surface area is 254 Å². The van der Waals surface area contributed by atoms with Gasteiger partial charge in [-0.05, 0) is 37.5 Å². The molecule has 44 heavy (non-hydrogen) atoms. The Kier molecular flexibility index (Phi) is 9.83. The number of hydrogen-bond donors (Lipinski definition) is 3. The predicted molar refractivity (Wildman–Crippen MR) is 157 cm³/mol. The van der Waals surface area contributed by atoms with Crippen LogP contribution in [0.2, 0.25) is 0 Å². The summed E-state index contributed by atoms with van der Waals surface area (Å²) in [4.78, 5) is 43.9. The third kappa shape index (κ3) is 6.49. The number of anilines is 1. The standard InChI is InChI=1S/C30H37N7O7/c1-17(2)24(32)28(40)43-25-21(14-42-23(38)13-19-9-7-6-8-10-19)44-30(15-31,26(25)39)22-12-11-20-27(33-16-34-37(20)22)35-29(41)36(5)18(3)4/h6-12,16-18,21,24-26,39H,13-14,32H2,1-5H3,(H,33,34,35,41)/t21-,24+,25-,26-,30+/m1/s1. The molecule has 4 rings (SSSR count). The average molecular weight is 608 g/mol. The number of amides is 2. The molecule has 4 N–H and O–H groups in total. The van der Waals surface area contributed by atoms with Crippen molar-refractivity contribution in [3.63, 3.8) is 0 Å². The van der Waals surface area contributed by atoms with E-state index in [0.29, 0.717) is 5.52 Å². The van der Waals surface area contributed by atoms with Gasteiger partial charge in [0.2, 0.25) is 5.60 Å². The lowest BCUT2D eigenvalue weighted by molar-refractivity contribution is -0.162. The van der Waals surface area contributed by atoms with E-state index in [2.05, 4.69) is 15.4 Å². The van der Waals surface area contributed by atoms with E-state index in [1.165, 1.54) is 21.8 Å². The number of urea groups is 1. The molecule has 2 amide bonds. The highest BCUT2D eigenvalue weighted by atomic mass is 16.6. The van der Waals surface area contributed by atoms with Gasteiger partial charge < -0.3 is 30.0 Å². The van der Waals surface area contributed by atoms with Crippen LogP contribution in [-0.4, -0.2) is 86.6 Å². The number of hydrogen-bond acceptors (Lipinski definition) is 11. The number of nitrogens with zero attached hydrogens (tertiary/aromatic N) is 5. The fraction of sp³-hybridized carbons (Fsp3) is 0.467. The number of nitrogens with one attached hydrogen (secondary N) is 1. The second-order valence-corrected chi connectivity index (χ2v) is 11.2. The maximum Gasteiger partial charge on any atom is 0.323 e. The number of carbonyl (C=O) groups excluding carboxylic acids is 3. The van der Waals surface area contributed by atoms with Crippen molar-refractivity contribution in [2.24, 2.45) is 11.7 Å². The summed E-state index contributed by atoms with van der Waals surface area (Å²) in [5.74, 6) is -1.52. The minimum atomic E-state index is -2.12. The monoisotopic (exact) mass is 607 g/mol. The van der Waals surface area contributed by atoms with Crippen LogP contribution in [0.1, 0.15) is 39.0 Å². The third-order valence-electron chi connectivity index (χ3n) is 7.59. The van der Waals surface area contributed by atoms with Crippen LogP contribution >= 0.6 is 0 Å². The van der Waals surface area contributed by atoms with Crippen LogP contribution < -0.4 is 11.1 Å². The zero-order valence-corrected chi connectivity index (χ0v) is 25.2. The van der Waals surface area contributed by atoms with Crippen LogP contribution in [0.5, 0.6) is 0 Å². The lowest BCUT2D eigenvalue weighted by Crippen LogP contribution is -2.46. The number of ether oxygens (including phenoxy) is 3. The molecule has 1 saturated heterocycles. The molecule has 1 fully saturated rings. The normalized spacial score (nSPS) is 22.0. The number of rotatable bonds is 10. The molecule has 2 aromatic heterocycles. The molecule has 0 aliphatic carbocycles. The van der Waals surface area contributed by atoms with Gasteiger partial charge in [0, 0.05) is 13.1 Å². The summed E-state index contributed by atoms with van der Waals surface area (Å²) in [6.45, 7) is 6.75. The Morgan fingerprint density at radius 3 is 2.55 bits per heavy atom. The molecule has 0 radical (unpaired) electrons. The summed E-state index contributed by atoms with van der Waals surface area (Å²) in [6.07, 6.45) is -3.26. The fourth-order valence-corrected chi connectivity index (χ4v) is 4.65. The first-order chi connectivity index (χ1) is 20.9. The Morgan fingerprint density at radius 1 is 1.20 bits per heavy atom. The Hall–Kier alpha value is -4.58. The van der Waals surface area contributed by atoms with Gasteiger partial charge in [-0.15, -0.1) is 0 Å². The van der Waals surface area contributed by atoms with Crippen LogP contribution in [0.25, 0.3) is 5.52 Å². The maximum absolute atomic E-state index is 12.9. The lowest BCUT2D eigenvalue weighted by Gasteiger charge is -2.26. The van der Waals surface area contributed by atoms with Crippen molar-refractivity contribution in [2.45, 2.75) is 70.1 Å². The molecule has 0 saturated carbocycles. The molecule has 14 heteroatoms. The van der Waals surface area contributed by atoms with Crippen LogP contribution in [-0.2, 0) is 35.8 Å². The second-order valence-electron chi connectivity index (χ2n) is 11.2. The Morgan fingerprint density at radius 2 is 1.91 bits per heavy atom. The van der Waals surface area contributed by atoms with Gasteiger partial charge in [0.05, 0.1) is 12.1 Å². The van der Waals surface area contributed by atoms with Gasteiger partial charge in [-0.1, -0.05) is 44.2 Å². The number of fused-ring (bicyclic) bond motifs is 1. The van der Waals surface area contributed by atoms with E-state index in [-0.39, 0.29) is 29.9 Å². The van der Waals surface area contributed by atoms with E-state index in [4.69, 9.17) is 19.9 Å². The quantitative estimate of drug-likeness (QED) is 0.284. The van der Waals surface area contributed by atoms with Crippen LogP contribution in [0.15, 0.2) is 48.8 Å². The Bertz CT molecular complexity index is 1540. The molecule has 5 atom stereocenters. The molecule has 0 spiro atoms. The highest BCUT2D eigenvalue weighted by molar-refractivity contribution is 5.92. The molecule has 0 unspecified atom stereocenters. The van der Waals surface area contributed by atoms with E-state index in [9.17, 15) is 24.8 Å². The lowest BCUT2D eigenvalue weighted by atomic mass is 9.92. The largest absolute Gasteiger partial charge is 0.463 e. The fourth-order valence-electron chi connectivity index (χ4n) is 4.65. The number of aromatic nitrogens is 3. The van der Waals surface area contributed by atoms with Crippen molar-refractivity contribution in [1.82, 2.24) is 19.5 Å². The van der Waals surface area contributed by atoms with E-state index in [0.717, 1.165) is 5.56 Å². The first-order valence-electron chi connectivity index (χ1n) is 14.2. The number of nitriles is 1. The van der Waals surface area contributed by atoms with Gasteiger partial charge in [0.15, 0.2) is 11.9 Å². The number of benzene rings is 1. The van der Waals surface area contributed by atoms with E-state index in [1.807, 2.05) is 26.0 Å². The van der Waals surface area contributed by atoms with E-state index in [1.54, 1.807) is 51.2 Å². The summed E-state index contributed by atoms with van der Waals surface area (Å²) in [6, 6.07) is 12.5. The topological polar surface area (TPSA) is 194 Å². The number of esters is 2. The van der Waals surface area contributed by atoms with Crippen molar-refractivity contribution in [2.75, 3.05) is 19.0 Å². The minimum Gasteiger partial charge on any atom is -0.463 e. The van der Waals surface area contributed by atoms with Gasteiger partial charge in [-0.2, -0.15) is 10.4 Å². The van der Waals surface area contributed by atoms with Crippen molar-refractivity contribution in [1.29, 1.82) is 5.26 Å². The van der Waals surface area contributed by atoms with E-state index < -0.39 is 54.5 Å². The third-order valence-corrected chi connectivity index (χ3v) is 7.59. The number of aliphatic hydroxyl groups excluding tert-OH is 1. The maximum atomic E-state index is 12.9. The smallest absolute Gasteiger partial charge is 0.323 e. The van der Waals surface area contributed by atoms with Gasteiger partial charge in [-0.25, -0.2) is 14.3 Å². The van der Waals surface area contributed by atoms with Crippen molar-refractivity contribution in [3.05, 3.63) is 60.0 Å². The molecule has 234 valence electrons. The van der Waals surface area contributed by atoms with Gasteiger partial charge in [0.25, 0.3) is 0 Å². The zero-order valence-electron chi connectivity index (χ0n) is 25.2. The summed E-state index contributed by atoms with van der Waals surface area (Å²) >= 11 is 0. The number of nitrogens with two attached hydrogens (primary N) is 1. The molecule has 1 aromatic carbocycles. The molecule has 3 heterocycles. The molecule has 1 aliphatic heterocycles. The molecular formula is C30H37N7O7. The average Bonchev–Trinajstić information content (AvgIpc) is 3.55. The van der Waals surface area contributed by atoms with Crippen LogP contribution in [0.4, 0.5) is 10.6 Å². The SMILES string of the molecule is CC(C)[C@H](N)C(=O)O[C@H]1[C@@H](O)[C@](C#N)(c2ccc3c(NC(=O)N(C)C(C)C)ncnn23)O[C@@H]1COC(=O)Cc1ccccc1. The van der Waals surface area contributed by atoms with E-state index >= 15 is 0 Å². The van der Waals surface area contributed by atoms with Crippen molar-refractivity contribution >= 4 is 29.3 Å². The molecule has 14 nitrogen and oxygen atoms in total. The highest BCUT2D eigenvalue weighted by Crippen LogP contribution is 2.42. The summed E-state index contributed by atoms with van der Waals surface area (Å²) in [5.41, 5.74) is 4.98. The summed E-state index contributed by atoms with van der Waals surface area (Å²) < 4.78 is 18.5. The van der Waals surface area contributed by atoms with Crippen LogP contribution in [0, 0.1) is 17.2 Å².